The molecule has 2 aromatic carbocycles. The lowest BCUT2D eigenvalue weighted by atomic mass is 10.2. The van der Waals surface area contributed by atoms with Gasteiger partial charge < -0.3 is 15.0 Å². The highest BCUT2D eigenvalue weighted by Crippen LogP contribution is 2.29. The SMILES string of the molecule is CCN(Cc1ccccc1)C(=O)c1cc(Nc2ccc(OC)c(Cl)c2)ccn1. The van der Waals surface area contributed by atoms with Crippen molar-refractivity contribution in [2.45, 2.75) is 13.5 Å². The summed E-state index contributed by atoms with van der Waals surface area (Å²) in [6.45, 7) is 3.10. The summed E-state index contributed by atoms with van der Waals surface area (Å²) in [6.07, 6.45) is 1.62. The smallest absolute Gasteiger partial charge is 0.272 e. The van der Waals surface area contributed by atoms with Crippen LogP contribution in [0, 0.1) is 0 Å². The highest BCUT2D eigenvalue weighted by molar-refractivity contribution is 6.32. The van der Waals surface area contributed by atoms with E-state index in [2.05, 4.69) is 10.3 Å². The maximum absolute atomic E-state index is 12.9. The van der Waals surface area contributed by atoms with Crippen LogP contribution < -0.4 is 10.1 Å². The second kappa shape index (κ2) is 9.24. The molecule has 6 heteroatoms. The summed E-state index contributed by atoms with van der Waals surface area (Å²) in [5.41, 5.74) is 3.03. The molecule has 0 unspecified atom stereocenters. The molecule has 0 aliphatic carbocycles. The van der Waals surface area contributed by atoms with Crippen LogP contribution in [0.4, 0.5) is 11.4 Å². The molecule has 0 saturated carbocycles. The fourth-order valence-electron chi connectivity index (χ4n) is 2.83. The van der Waals surface area contributed by atoms with Gasteiger partial charge in [-0.25, -0.2) is 0 Å². The molecule has 0 spiro atoms. The average Bonchev–Trinajstić information content (AvgIpc) is 2.72. The lowest BCUT2D eigenvalue weighted by Gasteiger charge is -2.21. The third-order valence-corrected chi connectivity index (χ3v) is 4.60. The summed E-state index contributed by atoms with van der Waals surface area (Å²) in [5, 5.41) is 3.76. The molecular formula is C22H22ClN3O2. The van der Waals surface area contributed by atoms with E-state index in [0.29, 0.717) is 29.6 Å². The van der Waals surface area contributed by atoms with Crippen LogP contribution in [0.5, 0.6) is 5.75 Å². The number of aromatic nitrogens is 1. The zero-order valence-corrected chi connectivity index (χ0v) is 16.6. The Balaban J connectivity index is 1.76. The van der Waals surface area contributed by atoms with Crippen LogP contribution in [0.15, 0.2) is 66.9 Å². The number of nitrogens with zero attached hydrogens (tertiary/aromatic N) is 2. The number of hydrogen-bond acceptors (Lipinski definition) is 4. The fraction of sp³-hybridized carbons (Fsp3) is 0.182. The number of anilines is 2. The molecular weight excluding hydrogens is 374 g/mol. The Morgan fingerprint density at radius 3 is 2.54 bits per heavy atom. The second-order valence-electron chi connectivity index (χ2n) is 6.21. The number of hydrogen-bond donors (Lipinski definition) is 1. The van der Waals surface area contributed by atoms with E-state index in [1.807, 2.05) is 49.4 Å². The van der Waals surface area contributed by atoms with Crippen LogP contribution in [0.3, 0.4) is 0 Å². The Morgan fingerprint density at radius 1 is 1.11 bits per heavy atom. The Labute approximate surface area is 169 Å². The van der Waals surface area contributed by atoms with Crippen molar-refractivity contribution >= 4 is 28.9 Å². The molecule has 0 fully saturated rings. The molecule has 0 aliphatic rings. The summed E-state index contributed by atoms with van der Waals surface area (Å²) in [5.74, 6) is 0.500. The van der Waals surface area contributed by atoms with Crippen molar-refractivity contribution in [3.8, 4) is 5.75 Å². The molecule has 0 radical (unpaired) electrons. The molecule has 1 heterocycles. The summed E-state index contributed by atoms with van der Waals surface area (Å²) in [6, 6.07) is 18.9. The van der Waals surface area contributed by atoms with E-state index in [4.69, 9.17) is 16.3 Å². The first kappa shape index (κ1) is 19.7. The predicted octanol–water partition coefficient (Wildman–Crippen LogP) is 5.15. The van der Waals surface area contributed by atoms with Crippen LogP contribution in [0.1, 0.15) is 23.0 Å². The highest BCUT2D eigenvalue weighted by Gasteiger charge is 2.16. The van der Waals surface area contributed by atoms with E-state index >= 15 is 0 Å². The lowest BCUT2D eigenvalue weighted by Crippen LogP contribution is -2.31. The molecule has 0 atom stereocenters. The van der Waals surface area contributed by atoms with Gasteiger partial charge in [0.2, 0.25) is 0 Å². The molecule has 1 amide bonds. The van der Waals surface area contributed by atoms with Crippen LogP contribution in [0.25, 0.3) is 0 Å². The minimum absolute atomic E-state index is 0.109. The summed E-state index contributed by atoms with van der Waals surface area (Å²) < 4.78 is 5.17. The zero-order valence-electron chi connectivity index (χ0n) is 15.9. The van der Waals surface area contributed by atoms with Crippen LogP contribution in [0.2, 0.25) is 5.02 Å². The first-order valence-electron chi connectivity index (χ1n) is 9.00. The van der Waals surface area contributed by atoms with Gasteiger partial charge in [0, 0.05) is 30.7 Å². The second-order valence-corrected chi connectivity index (χ2v) is 6.62. The first-order valence-corrected chi connectivity index (χ1v) is 9.38. The van der Waals surface area contributed by atoms with Gasteiger partial charge in [-0.1, -0.05) is 41.9 Å². The number of amides is 1. The number of nitrogens with one attached hydrogen (secondary N) is 1. The molecule has 0 bridgehead atoms. The van der Waals surface area contributed by atoms with Gasteiger partial charge in [0.15, 0.2) is 0 Å². The lowest BCUT2D eigenvalue weighted by molar-refractivity contribution is 0.0746. The van der Waals surface area contributed by atoms with Crippen molar-refractivity contribution in [3.05, 3.63) is 83.1 Å². The molecule has 144 valence electrons. The quantitative estimate of drug-likeness (QED) is 0.601. The molecule has 3 rings (SSSR count). The van der Waals surface area contributed by atoms with E-state index in [1.54, 1.807) is 36.4 Å². The Morgan fingerprint density at radius 2 is 1.86 bits per heavy atom. The standard InChI is InChI=1S/C22H22ClN3O2/c1-3-26(15-16-7-5-4-6-8-16)22(27)20-14-18(11-12-24-20)25-17-9-10-21(28-2)19(23)13-17/h4-14H,3,15H2,1-2H3,(H,24,25). The van der Waals surface area contributed by atoms with Crippen LogP contribution in [-0.4, -0.2) is 29.4 Å². The molecule has 0 aliphatic heterocycles. The Bertz CT molecular complexity index is 948. The van der Waals surface area contributed by atoms with E-state index in [-0.39, 0.29) is 5.91 Å². The van der Waals surface area contributed by atoms with Crippen molar-refractivity contribution < 1.29 is 9.53 Å². The summed E-state index contributed by atoms with van der Waals surface area (Å²) in [4.78, 5) is 18.9. The molecule has 28 heavy (non-hydrogen) atoms. The van der Waals surface area contributed by atoms with Crippen molar-refractivity contribution in [2.24, 2.45) is 0 Å². The minimum atomic E-state index is -0.109. The van der Waals surface area contributed by atoms with Crippen LogP contribution >= 0.6 is 11.6 Å². The first-order chi connectivity index (χ1) is 13.6. The number of rotatable bonds is 7. The average molecular weight is 396 g/mol. The van der Waals surface area contributed by atoms with Gasteiger partial charge in [0.05, 0.1) is 12.1 Å². The Hall–Kier alpha value is -3.05. The number of pyridine rings is 1. The number of methoxy groups -OCH3 is 1. The van der Waals surface area contributed by atoms with Gasteiger partial charge in [-0.2, -0.15) is 0 Å². The summed E-state index contributed by atoms with van der Waals surface area (Å²) >= 11 is 6.18. The Kier molecular flexibility index (Phi) is 6.50. The van der Waals surface area contributed by atoms with E-state index in [9.17, 15) is 4.79 Å². The molecule has 0 saturated heterocycles. The topological polar surface area (TPSA) is 54.5 Å². The zero-order chi connectivity index (χ0) is 19.9. The highest BCUT2D eigenvalue weighted by atomic mass is 35.5. The summed E-state index contributed by atoms with van der Waals surface area (Å²) in [7, 11) is 1.57. The number of benzene rings is 2. The van der Waals surface area contributed by atoms with E-state index in [1.165, 1.54) is 0 Å². The molecule has 1 aromatic heterocycles. The van der Waals surface area contributed by atoms with Gasteiger partial charge in [0.1, 0.15) is 11.4 Å². The molecule has 3 aromatic rings. The van der Waals surface area contributed by atoms with Crippen molar-refractivity contribution in [3.63, 3.8) is 0 Å². The molecule has 5 nitrogen and oxygen atoms in total. The van der Waals surface area contributed by atoms with Gasteiger partial charge >= 0.3 is 0 Å². The monoisotopic (exact) mass is 395 g/mol. The number of ether oxygens (including phenoxy) is 1. The van der Waals surface area contributed by atoms with Crippen LogP contribution in [-0.2, 0) is 6.54 Å². The maximum atomic E-state index is 12.9. The van der Waals surface area contributed by atoms with Crippen molar-refractivity contribution in [1.29, 1.82) is 0 Å². The van der Waals surface area contributed by atoms with Gasteiger partial charge in [-0.3, -0.25) is 9.78 Å². The predicted molar refractivity (Wildman–Crippen MR) is 112 cm³/mol. The van der Waals surface area contributed by atoms with Gasteiger partial charge in [-0.15, -0.1) is 0 Å². The van der Waals surface area contributed by atoms with Gasteiger partial charge in [0.25, 0.3) is 5.91 Å². The minimum Gasteiger partial charge on any atom is -0.495 e. The third-order valence-electron chi connectivity index (χ3n) is 4.30. The number of carbonyl (C=O) groups is 1. The van der Waals surface area contributed by atoms with Crippen molar-refractivity contribution in [2.75, 3.05) is 19.0 Å². The van der Waals surface area contributed by atoms with E-state index in [0.717, 1.165) is 16.9 Å². The largest absolute Gasteiger partial charge is 0.495 e. The number of halogens is 1. The van der Waals surface area contributed by atoms with Gasteiger partial charge in [-0.05, 0) is 42.8 Å². The normalized spacial score (nSPS) is 10.4. The maximum Gasteiger partial charge on any atom is 0.272 e. The third kappa shape index (κ3) is 4.81. The molecule has 1 N–H and O–H groups in total. The fourth-order valence-corrected chi connectivity index (χ4v) is 3.09. The number of carbonyl (C=O) groups excluding carboxylic acids is 1. The van der Waals surface area contributed by atoms with Crippen molar-refractivity contribution in [1.82, 2.24) is 9.88 Å². The van der Waals surface area contributed by atoms with E-state index < -0.39 is 0 Å².